The maximum absolute atomic E-state index is 11.2. The summed E-state index contributed by atoms with van der Waals surface area (Å²) < 4.78 is 0. The normalized spacial score (nSPS) is 44.1. The number of Topliss-reactive ketones (excluding diaryl/α,β-unsaturated/α-hetero) is 1. The van der Waals surface area contributed by atoms with Crippen LogP contribution in [0.1, 0.15) is 32.1 Å². The topological polar surface area (TPSA) is 37.3 Å². The van der Waals surface area contributed by atoms with E-state index >= 15 is 0 Å². The zero-order chi connectivity index (χ0) is 7.84. The number of fused-ring (bicyclic) bond motifs is 2. The monoisotopic (exact) mass is 154 g/mol. The van der Waals surface area contributed by atoms with Gasteiger partial charge in [-0.2, -0.15) is 0 Å². The Morgan fingerprint density at radius 2 is 2.09 bits per heavy atom. The van der Waals surface area contributed by atoms with Gasteiger partial charge in [-0.3, -0.25) is 4.79 Å². The van der Waals surface area contributed by atoms with E-state index in [-0.39, 0.29) is 6.10 Å². The second-order valence-corrected chi connectivity index (χ2v) is 3.84. The number of carbonyl (C=O) groups excluding carboxylic acids is 1. The fraction of sp³-hybridized carbons (Fsp3) is 0.889. The van der Waals surface area contributed by atoms with Crippen molar-refractivity contribution in [2.45, 2.75) is 38.2 Å². The maximum Gasteiger partial charge on any atom is 0.136 e. The SMILES string of the molecule is O=C1CC[C@@H]2C[C@H]1CCC2O. The predicted octanol–water partition coefficient (Wildman–Crippen LogP) is 1.13. The van der Waals surface area contributed by atoms with Crippen molar-refractivity contribution < 1.29 is 9.90 Å². The molecule has 2 rings (SSSR count). The molecule has 0 spiro atoms. The lowest BCUT2D eigenvalue weighted by atomic mass is 9.70. The number of hydrogen-bond acceptors (Lipinski definition) is 2. The van der Waals surface area contributed by atoms with E-state index < -0.39 is 0 Å². The first-order chi connectivity index (χ1) is 5.27. The molecule has 1 unspecified atom stereocenters. The molecule has 0 aromatic carbocycles. The lowest BCUT2D eigenvalue weighted by molar-refractivity contribution is -0.129. The molecule has 0 amide bonds. The van der Waals surface area contributed by atoms with Crippen LogP contribution in [0.5, 0.6) is 0 Å². The van der Waals surface area contributed by atoms with Crippen LogP contribution in [-0.4, -0.2) is 17.0 Å². The Bertz CT molecular complexity index is 176. The third-order valence-electron chi connectivity index (χ3n) is 3.16. The van der Waals surface area contributed by atoms with E-state index in [1.54, 1.807) is 0 Å². The van der Waals surface area contributed by atoms with Gasteiger partial charge in [-0.1, -0.05) is 0 Å². The van der Waals surface area contributed by atoms with Crippen molar-refractivity contribution in [3.63, 3.8) is 0 Å². The number of aliphatic hydroxyl groups is 1. The minimum absolute atomic E-state index is 0.112. The van der Waals surface area contributed by atoms with Crippen LogP contribution in [0.15, 0.2) is 0 Å². The van der Waals surface area contributed by atoms with Crippen LogP contribution < -0.4 is 0 Å². The van der Waals surface area contributed by atoms with Gasteiger partial charge in [0.2, 0.25) is 0 Å². The third kappa shape index (κ3) is 1.20. The molecule has 0 heterocycles. The first-order valence-electron chi connectivity index (χ1n) is 4.48. The van der Waals surface area contributed by atoms with E-state index in [1.165, 1.54) is 0 Å². The first kappa shape index (κ1) is 7.29. The summed E-state index contributed by atoms with van der Waals surface area (Å²) in [6.45, 7) is 0. The molecule has 0 saturated heterocycles. The minimum Gasteiger partial charge on any atom is -0.393 e. The standard InChI is InChI=1S/C9H14O2/c10-8-3-1-6-5-7(8)2-4-9(6)11/h6-8,10H,1-5H2/t6-,7-,8?/m1/s1. The van der Waals surface area contributed by atoms with Crippen molar-refractivity contribution in [2.75, 3.05) is 0 Å². The van der Waals surface area contributed by atoms with E-state index in [0.29, 0.717) is 24.0 Å². The molecule has 0 aromatic heterocycles. The van der Waals surface area contributed by atoms with E-state index in [1.807, 2.05) is 0 Å². The van der Waals surface area contributed by atoms with Crippen LogP contribution in [0.25, 0.3) is 0 Å². The van der Waals surface area contributed by atoms with Crippen molar-refractivity contribution >= 4 is 5.78 Å². The molecule has 2 saturated carbocycles. The van der Waals surface area contributed by atoms with Gasteiger partial charge in [0.1, 0.15) is 5.78 Å². The van der Waals surface area contributed by atoms with E-state index in [2.05, 4.69) is 0 Å². The lowest BCUT2D eigenvalue weighted by Gasteiger charge is -2.36. The number of hydrogen-bond donors (Lipinski definition) is 1. The van der Waals surface area contributed by atoms with Gasteiger partial charge in [0.05, 0.1) is 6.10 Å². The van der Waals surface area contributed by atoms with Crippen LogP contribution in [0.4, 0.5) is 0 Å². The Labute approximate surface area is 66.6 Å². The van der Waals surface area contributed by atoms with Gasteiger partial charge in [-0.25, -0.2) is 0 Å². The molecule has 2 aliphatic rings. The van der Waals surface area contributed by atoms with Gasteiger partial charge in [0.25, 0.3) is 0 Å². The second-order valence-electron chi connectivity index (χ2n) is 3.84. The molecule has 2 heteroatoms. The van der Waals surface area contributed by atoms with Gasteiger partial charge in [0.15, 0.2) is 0 Å². The quantitative estimate of drug-likeness (QED) is 0.568. The average Bonchev–Trinajstić information content (AvgIpc) is 2.02. The summed E-state index contributed by atoms with van der Waals surface area (Å²) in [5.74, 6) is 1.18. The van der Waals surface area contributed by atoms with Gasteiger partial charge >= 0.3 is 0 Å². The van der Waals surface area contributed by atoms with Gasteiger partial charge in [0, 0.05) is 12.3 Å². The Kier molecular flexibility index (Phi) is 1.72. The second kappa shape index (κ2) is 2.59. The average molecular weight is 154 g/mol. The highest BCUT2D eigenvalue weighted by molar-refractivity contribution is 5.81. The molecule has 2 aliphatic carbocycles. The van der Waals surface area contributed by atoms with Crippen molar-refractivity contribution in [1.29, 1.82) is 0 Å². The van der Waals surface area contributed by atoms with Crippen LogP contribution in [0.3, 0.4) is 0 Å². The summed E-state index contributed by atoms with van der Waals surface area (Å²) in [7, 11) is 0. The van der Waals surface area contributed by atoms with E-state index in [9.17, 15) is 9.90 Å². The molecule has 0 aliphatic heterocycles. The number of aliphatic hydroxyl groups excluding tert-OH is 1. The number of rotatable bonds is 0. The Balaban J connectivity index is 2.08. The van der Waals surface area contributed by atoms with Crippen LogP contribution in [0.2, 0.25) is 0 Å². The highest BCUT2D eigenvalue weighted by atomic mass is 16.3. The molecule has 11 heavy (non-hydrogen) atoms. The van der Waals surface area contributed by atoms with E-state index in [0.717, 1.165) is 25.7 Å². The summed E-state index contributed by atoms with van der Waals surface area (Å²) in [6, 6.07) is 0. The fourth-order valence-electron chi connectivity index (χ4n) is 2.38. The molecular formula is C9H14O2. The smallest absolute Gasteiger partial charge is 0.136 e. The molecule has 1 N–H and O–H groups in total. The largest absolute Gasteiger partial charge is 0.393 e. The van der Waals surface area contributed by atoms with Gasteiger partial charge in [-0.05, 0) is 31.6 Å². The zero-order valence-corrected chi connectivity index (χ0v) is 6.62. The van der Waals surface area contributed by atoms with Gasteiger partial charge < -0.3 is 5.11 Å². The molecule has 2 fully saturated rings. The van der Waals surface area contributed by atoms with E-state index in [4.69, 9.17) is 0 Å². The minimum atomic E-state index is -0.112. The summed E-state index contributed by atoms with van der Waals surface area (Å²) in [4.78, 5) is 11.2. The third-order valence-corrected chi connectivity index (χ3v) is 3.16. The summed E-state index contributed by atoms with van der Waals surface area (Å²) in [6.07, 6.45) is 4.26. The highest BCUT2D eigenvalue weighted by Gasteiger charge is 2.36. The highest BCUT2D eigenvalue weighted by Crippen LogP contribution is 2.37. The Hall–Kier alpha value is -0.370. The molecule has 3 atom stereocenters. The predicted molar refractivity (Wildman–Crippen MR) is 41.1 cm³/mol. The summed E-state index contributed by atoms with van der Waals surface area (Å²) >= 11 is 0. The van der Waals surface area contributed by atoms with Crippen LogP contribution >= 0.6 is 0 Å². The Morgan fingerprint density at radius 1 is 1.27 bits per heavy atom. The molecular weight excluding hydrogens is 140 g/mol. The van der Waals surface area contributed by atoms with Crippen molar-refractivity contribution in [2.24, 2.45) is 11.8 Å². The van der Waals surface area contributed by atoms with Crippen molar-refractivity contribution in [3.8, 4) is 0 Å². The van der Waals surface area contributed by atoms with Crippen molar-refractivity contribution in [3.05, 3.63) is 0 Å². The summed E-state index contributed by atoms with van der Waals surface area (Å²) in [5, 5.41) is 9.50. The van der Waals surface area contributed by atoms with Crippen molar-refractivity contribution in [1.82, 2.24) is 0 Å². The van der Waals surface area contributed by atoms with Crippen LogP contribution in [0, 0.1) is 11.8 Å². The summed E-state index contributed by atoms with van der Waals surface area (Å²) in [5.41, 5.74) is 0. The Morgan fingerprint density at radius 3 is 2.91 bits per heavy atom. The maximum atomic E-state index is 11.2. The lowest BCUT2D eigenvalue weighted by Crippen LogP contribution is -2.36. The molecule has 2 nitrogen and oxygen atoms in total. The van der Waals surface area contributed by atoms with Gasteiger partial charge in [-0.15, -0.1) is 0 Å². The van der Waals surface area contributed by atoms with Crippen LogP contribution in [-0.2, 0) is 4.79 Å². The number of ketones is 1. The molecule has 0 radical (unpaired) electrons. The molecule has 0 aromatic rings. The molecule has 62 valence electrons. The zero-order valence-electron chi connectivity index (χ0n) is 6.62. The fourth-order valence-corrected chi connectivity index (χ4v) is 2.38. The molecule has 2 bridgehead atoms. The first-order valence-corrected chi connectivity index (χ1v) is 4.48. The number of carbonyl (C=O) groups is 1.